The third-order valence-electron chi connectivity index (χ3n) is 0. The van der Waals surface area contributed by atoms with Gasteiger partial charge in [0.2, 0.25) is 6.41 Å². The third kappa shape index (κ3) is 17.6. The predicted octanol–water partition coefficient (Wildman–Crippen LogP) is -0.575. The van der Waals surface area contributed by atoms with Crippen LogP contribution in [0.15, 0.2) is 0 Å². The molecule has 0 heterocycles. The van der Waals surface area contributed by atoms with Gasteiger partial charge in [0.25, 0.3) is 0 Å². The third-order valence-corrected chi connectivity index (χ3v) is 0. The highest BCUT2D eigenvalue weighted by Crippen LogP contribution is 0.798. The zero-order chi connectivity index (χ0) is 2.71. The fraction of sp³-hybridized carbons (Fsp3) is 0. The van der Waals surface area contributed by atoms with Crippen LogP contribution >= 0.6 is 0 Å². The van der Waals surface area contributed by atoms with E-state index in [0.29, 0.717) is 0 Å². The fourth-order valence-corrected chi connectivity index (χ4v) is 0. The second-order valence-corrected chi connectivity index (χ2v) is 0.136. The Morgan fingerprint density at radius 3 is 1.40 bits per heavy atom. The van der Waals surface area contributed by atoms with Gasteiger partial charge in [0.05, 0.1) is 0 Å². The van der Waals surface area contributed by atoms with Gasteiger partial charge in [0, 0.05) is 0 Å². The van der Waals surface area contributed by atoms with E-state index in [9.17, 15) is 0 Å². The predicted molar refractivity (Wildman–Crippen MR) is 20.3 cm³/mol. The first-order chi connectivity index (χ1) is 1.41. The zero-order valence-electron chi connectivity index (χ0n) is 2.98. The number of carbonyl (C=O) groups is 1. The first kappa shape index (κ1) is 26.1. The van der Waals surface area contributed by atoms with Crippen molar-refractivity contribution in [2.24, 2.45) is 5.73 Å². The Kier molecular flexibility index (Phi) is 665. The smallest absolute Gasteiger partial charge is 0.204 e. The van der Waals surface area contributed by atoms with E-state index in [2.05, 4.69) is 5.73 Å². The first-order valence-electron chi connectivity index (χ1n) is 0.569. The highest BCUT2D eigenvalue weighted by atomic mass is 16.1. The molecule has 8 N–H and O–H groups in total. The average molecular weight is 79.1 g/mol. The summed E-state index contributed by atoms with van der Waals surface area (Å²) in [6.45, 7) is 0. The van der Waals surface area contributed by atoms with E-state index in [1.165, 1.54) is 0 Å². The maximum Gasteiger partial charge on any atom is 0.204 e. The Morgan fingerprint density at radius 2 is 1.40 bits per heavy atom. The minimum absolute atomic E-state index is 0. The molecule has 0 unspecified atom stereocenters. The molecule has 0 bridgehead atoms. The van der Waals surface area contributed by atoms with Crippen molar-refractivity contribution < 1.29 is 4.79 Å². The average Bonchev–Trinajstić information content (AvgIpc) is 0.918. The summed E-state index contributed by atoms with van der Waals surface area (Å²) in [5, 5.41) is 0. The molecule has 0 aromatic rings. The lowest BCUT2D eigenvalue weighted by molar-refractivity contribution is -0.106. The summed E-state index contributed by atoms with van der Waals surface area (Å²) in [5.74, 6) is 0. The number of hydrogen-bond donors (Lipinski definition) is 3. The van der Waals surface area contributed by atoms with Gasteiger partial charge in [0.1, 0.15) is 0 Å². The van der Waals surface area contributed by atoms with Gasteiger partial charge in [0.15, 0.2) is 0 Å². The van der Waals surface area contributed by atoms with E-state index in [1.807, 2.05) is 0 Å². The largest absolute Gasteiger partial charge is 0.372 e. The van der Waals surface area contributed by atoms with Gasteiger partial charge in [-0.25, -0.2) is 0 Å². The van der Waals surface area contributed by atoms with E-state index in [-0.39, 0.29) is 18.7 Å². The van der Waals surface area contributed by atoms with E-state index in [1.54, 1.807) is 0 Å². The number of carbonyl (C=O) groups excluding carboxylic acids is 1. The minimum Gasteiger partial charge on any atom is -0.372 e. The maximum absolute atomic E-state index is 8.58. The SMILES string of the molecule is N.N.NC=O. The van der Waals surface area contributed by atoms with Gasteiger partial charge < -0.3 is 18.0 Å². The highest BCUT2D eigenvalue weighted by Gasteiger charge is 1.19. The Morgan fingerprint density at radius 1 is 1.40 bits per heavy atom. The molecule has 0 aliphatic heterocycles. The van der Waals surface area contributed by atoms with Crippen LogP contribution in [-0.4, -0.2) is 6.41 Å². The van der Waals surface area contributed by atoms with E-state index < -0.39 is 0 Å². The Hall–Kier alpha value is -0.610. The van der Waals surface area contributed by atoms with E-state index >= 15 is 0 Å². The molecule has 0 aliphatic carbocycles. The lowest BCUT2D eigenvalue weighted by Crippen LogP contribution is -1.82. The van der Waals surface area contributed by atoms with Crippen molar-refractivity contribution >= 4 is 6.41 Å². The molecule has 4 heteroatoms. The summed E-state index contributed by atoms with van der Waals surface area (Å²) < 4.78 is 0. The van der Waals surface area contributed by atoms with Crippen molar-refractivity contribution in [2.45, 2.75) is 0 Å². The van der Waals surface area contributed by atoms with Crippen LogP contribution in [-0.2, 0) is 4.79 Å². The molecule has 0 rings (SSSR count). The number of primary amides is 1. The van der Waals surface area contributed by atoms with Crippen LogP contribution in [0.5, 0.6) is 0 Å². The molecule has 0 spiro atoms. The van der Waals surface area contributed by atoms with Crippen LogP contribution in [0.3, 0.4) is 0 Å². The van der Waals surface area contributed by atoms with Crippen molar-refractivity contribution in [1.82, 2.24) is 12.3 Å². The first-order valence-corrected chi connectivity index (χ1v) is 0.569. The molecule has 4 nitrogen and oxygen atoms in total. The molecule has 5 heavy (non-hydrogen) atoms. The van der Waals surface area contributed by atoms with E-state index in [4.69, 9.17) is 4.79 Å². The summed E-state index contributed by atoms with van der Waals surface area (Å²) in [4.78, 5) is 8.58. The highest BCUT2D eigenvalue weighted by molar-refractivity contribution is 5.42. The van der Waals surface area contributed by atoms with Crippen LogP contribution in [0, 0.1) is 0 Å². The van der Waals surface area contributed by atoms with Crippen molar-refractivity contribution in [3.8, 4) is 0 Å². The van der Waals surface area contributed by atoms with Crippen molar-refractivity contribution in [2.75, 3.05) is 0 Å². The lowest BCUT2D eigenvalue weighted by Gasteiger charge is -1.32. The van der Waals surface area contributed by atoms with Crippen LogP contribution in [0.4, 0.5) is 0 Å². The Labute approximate surface area is 30.5 Å². The molecule has 0 radical (unpaired) electrons. The number of rotatable bonds is 0. The fourth-order valence-electron chi connectivity index (χ4n) is 0. The van der Waals surface area contributed by atoms with Crippen molar-refractivity contribution in [1.29, 1.82) is 0 Å². The molecule has 0 atom stereocenters. The van der Waals surface area contributed by atoms with Gasteiger partial charge in [-0.15, -0.1) is 0 Å². The molecule has 0 fully saturated rings. The second-order valence-electron chi connectivity index (χ2n) is 0.136. The second kappa shape index (κ2) is 127. The van der Waals surface area contributed by atoms with Gasteiger partial charge in [-0.05, 0) is 0 Å². The summed E-state index contributed by atoms with van der Waals surface area (Å²) in [6, 6.07) is 0. The molecule has 1 amide bonds. The summed E-state index contributed by atoms with van der Waals surface area (Å²) in [5.41, 5.74) is 4.17. The van der Waals surface area contributed by atoms with Gasteiger partial charge in [-0.2, -0.15) is 0 Å². The van der Waals surface area contributed by atoms with Crippen molar-refractivity contribution in [3.05, 3.63) is 0 Å². The van der Waals surface area contributed by atoms with E-state index in [0.717, 1.165) is 0 Å². The molecule has 0 aromatic carbocycles. The number of amides is 1. The molecule has 0 saturated heterocycles. The Balaban J connectivity index is -0.0000000200. The van der Waals surface area contributed by atoms with Gasteiger partial charge in [-0.1, -0.05) is 0 Å². The quantitative estimate of drug-likeness (QED) is 0.337. The molecule has 0 saturated carbocycles. The molecular formula is CH9N3O. The molecule has 0 aliphatic rings. The lowest BCUT2D eigenvalue weighted by atomic mass is 11.5. The monoisotopic (exact) mass is 79.1 g/mol. The summed E-state index contributed by atoms with van der Waals surface area (Å²) >= 11 is 0. The summed E-state index contributed by atoms with van der Waals surface area (Å²) in [7, 11) is 0. The number of nitrogens with two attached hydrogens (primary N) is 1. The molecule has 34 valence electrons. The van der Waals surface area contributed by atoms with Crippen LogP contribution in [0.25, 0.3) is 0 Å². The Bertz CT molecular complexity index is 14.4. The topological polar surface area (TPSA) is 113 Å². The molecule has 0 aromatic heterocycles. The minimum atomic E-state index is 0. The zero-order valence-corrected chi connectivity index (χ0v) is 2.98. The number of hydrogen-bond acceptors (Lipinski definition) is 3. The van der Waals surface area contributed by atoms with Gasteiger partial charge in [-0.3, -0.25) is 4.79 Å². The maximum atomic E-state index is 8.58. The van der Waals surface area contributed by atoms with Crippen LogP contribution < -0.4 is 18.0 Å². The standard InChI is InChI=1S/CH3NO.2H3N/c2-1-3;;/h1H,(H2,2,3);2*1H3. The molecular weight excluding hydrogens is 70.0 g/mol. The normalized spacial score (nSPS) is 2.40. The van der Waals surface area contributed by atoms with Gasteiger partial charge >= 0.3 is 0 Å². The van der Waals surface area contributed by atoms with Crippen LogP contribution in [0.1, 0.15) is 0 Å². The van der Waals surface area contributed by atoms with Crippen LogP contribution in [0.2, 0.25) is 0 Å². The van der Waals surface area contributed by atoms with Crippen molar-refractivity contribution in [3.63, 3.8) is 0 Å². The summed E-state index contributed by atoms with van der Waals surface area (Å²) in [6.07, 6.45) is 0.250.